The quantitative estimate of drug-likeness (QED) is 0.301. The molecule has 0 bridgehead atoms. The highest BCUT2D eigenvalue weighted by Gasteiger charge is 2.17. The lowest BCUT2D eigenvalue weighted by Gasteiger charge is -2.14. The van der Waals surface area contributed by atoms with Gasteiger partial charge in [-0.2, -0.15) is 0 Å². The number of benzene rings is 2. The van der Waals surface area contributed by atoms with Gasteiger partial charge in [-0.25, -0.2) is 0 Å². The van der Waals surface area contributed by atoms with Crippen LogP contribution < -0.4 is 0 Å². The Hall–Kier alpha value is -1.91. The fourth-order valence-electron chi connectivity index (χ4n) is 3.17. The van der Waals surface area contributed by atoms with E-state index in [9.17, 15) is 0 Å². The molecule has 0 amide bonds. The molecule has 0 fully saturated rings. The number of aromatic nitrogens is 2. The normalized spacial score (nSPS) is 11.0. The summed E-state index contributed by atoms with van der Waals surface area (Å²) in [6.45, 7) is 2.87. The van der Waals surface area contributed by atoms with E-state index in [4.69, 9.17) is 34.8 Å². The number of aryl methyl sites for hydroxylation is 1. The molecule has 0 radical (unpaired) electrons. The van der Waals surface area contributed by atoms with Crippen LogP contribution in [0.4, 0.5) is 0 Å². The van der Waals surface area contributed by atoms with Gasteiger partial charge in [0, 0.05) is 50.2 Å². The number of hydrogen-bond donors (Lipinski definition) is 0. The van der Waals surface area contributed by atoms with Gasteiger partial charge in [-0.15, -0.1) is 0 Å². The number of rotatable bonds is 5. The highest BCUT2D eigenvalue weighted by molar-refractivity contribution is 7.99. The summed E-state index contributed by atoms with van der Waals surface area (Å²) >= 11 is 20.2. The first-order valence-corrected chi connectivity index (χ1v) is 10.9. The van der Waals surface area contributed by atoms with Crippen LogP contribution in [0, 0.1) is 6.92 Å². The highest BCUT2D eigenvalue weighted by Crippen LogP contribution is 2.40. The second kappa shape index (κ2) is 8.85. The molecule has 6 heteroatoms. The first-order valence-electron chi connectivity index (χ1n) is 8.98. The van der Waals surface area contributed by atoms with E-state index < -0.39 is 0 Å². The predicted octanol–water partition coefficient (Wildman–Crippen LogP) is 8.02. The summed E-state index contributed by atoms with van der Waals surface area (Å²) in [5.41, 5.74) is 4.62. The monoisotopic (exact) mass is 458 g/mol. The summed E-state index contributed by atoms with van der Waals surface area (Å²) in [5, 5.41) is 3.09. The molecule has 0 N–H and O–H groups in total. The first kappa shape index (κ1) is 20.4. The van der Waals surface area contributed by atoms with Gasteiger partial charge < -0.3 is 4.57 Å². The number of halogens is 3. The topological polar surface area (TPSA) is 17.8 Å². The standard InChI is InChI=1S/C23H17Cl3N2S/c1-15-10-22(17-2-4-18(24)5-3-17)23(28(15)14-16-6-8-27-9-7-16)29-21-12-19(25)11-20(26)13-21/h2-13H,14H2,1H3. The van der Waals surface area contributed by atoms with Crippen molar-refractivity contribution in [3.05, 3.63) is 99.4 Å². The molecule has 0 aliphatic rings. The maximum absolute atomic E-state index is 6.24. The van der Waals surface area contributed by atoms with Gasteiger partial charge in [0.15, 0.2) is 0 Å². The Morgan fingerprint density at radius 3 is 2.14 bits per heavy atom. The van der Waals surface area contributed by atoms with Gasteiger partial charge in [-0.05, 0) is 66.6 Å². The molecule has 2 aromatic heterocycles. The van der Waals surface area contributed by atoms with Gasteiger partial charge in [-0.3, -0.25) is 4.98 Å². The lowest BCUT2D eigenvalue weighted by Crippen LogP contribution is -2.03. The van der Waals surface area contributed by atoms with Crippen molar-refractivity contribution >= 4 is 46.6 Å². The summed E-state index contributed by atoms with van der Waals surface area (Å²) in [6, 6.07) is 19.8. The minimum atomic E-state index is 0.622. The van der Waals surface area contributed by atoms with Crippen LogP contribution in [-0.2, 0) is 6.54 Å². The van der Waals surface area contributed by atoms with Gasteiger partial charge in [0.1, 0.15) is 0 Å². The average Bonchev–Trinajstić information content (AvgIpc) is 2.98. The zero-order chi connectivity index (χ0) is 20.4. The molecular formula is C23H17Cl3N2S. The van der Waals surface area contributed by atoms with Crippen molar-refractivity contribution < 1.29 is 0 Å². The molecule has 4 rings (SSSR count). The SMILES string of the molecule is Cc1cc(-c2ccc(Cl)cc2)c(Sc2cc(Cl)cc(Cl)c2)n1Cc1ccncc1. The summed E-state index contributed by atoms with van der Waals surface area (Å²) in [4.78, 5) is 5.12. The molecule has 0 saturated carbocycles. The van der Waals surface area contributed by atoms with Gasteiger partial charge >= 0.3 is 0 Å². The number of nitrogens with zero attached hydrogens (tertiary/aromatic N) is 2. The predicted molar refractivity (Wildman–Crippen MR) is 124 cm³/mol. The minimum Gasteiger partial charge on any atom is -0.335 e. The van der Waals surface area contributed by atoms with E-state index in [2.05, 4.69) is 22.5 Å². The second-order valence-electron chi connectivity index (χ2n) is 6.66. The van der Waals surface area contributed by atoms with Crippen molar-refractivity contribution in [2.75, 3.05) is 0 Å². The first-order chi connectivity index (χ1) is 14.0. The van der Waals surface area contributed by atoms with Crippen LogP contribution >= 0.6 is 46.6 Å². The van der Waals surface area contributed by atoms with Crippen molar-refractivity contribution in [2.24, 2.45) is 0 Å². The Morgan fingerprint density at radius 1 is 0.828 bits per heavy atom. The molecule has 0 aliphatic carbocycles. The van der Waals surface area contributed by atoms with Crippen LogP contribution in [0.1, 0.15) is 11.3 Å². The van der Waals surface area contributed by atoms with Crippen LogP contribution in [0.3, 0.4) is 0 Å². The van der Waals surface area contributed by atoms with Gasteiger partial charge in [-0.1, -0.05) is 58.7 Å². The Kier molecular flexibility index (Phi) is 6.21. The van der Waals surface area contributed by atoms with E-state index in [1.807, 2.05) is 60.9 Å². The molecular weight excluding hydrogens is 443 g/mol. The van der Waals surface area contributed by atoms with Crippen molar-refractivity contribution in [1.29, 1.82) is 0 Å². The maximum atomic E-state index is 6.24. The molecule has 0 saturated heterocycles. The third kappa shape index (κ3) is 4.81. The molecule has 0 atom stereocenters. The fourth-order valence-corrected chi connectivity index (χ4v) is 5.15. The Labute approximate surface area is 189 Å². The van der Waals surface area contributed by atoms with Gasteiger partial charge in [0.25, 0.3) is 0 Å². The number of pyridine rings is 1. The highest BCUT2D eigenvalue weighted by atomic mass is 35.5. The van der Waals surface area contributed by atoms with E-state index in [-0.39, 0.29) is 0 Å². The molecule has 2 nitrogen and oxygen atoms in total. The van der Waals surface area contributed by atoms with Crippen molar-refractivity contribution in [1.82, 2.24) is 9.55 Å². The third-order valence-corrected chi connectivity index (χ3v) is 6.34. The summed E-state index contributed by atoms with van der Waals surface area (Å²) in [6.07, 6.45) is 3.63. The van der Waals surface area contributed by atoms with Crippen LogP contribution in [0.5, 0.6) is 0 Å². The van der Waals surface area contributed by atoms with Crippen LogP contribution in [0.2, 0.25) is 15.1 Å². The molecule has 29 heavy (non-hydrogen) atoms. The van der Waals surface area contributed by atoms with Gasteiger partial charge in [0.05, 0.1) is 5.03 Å². The van der Waals surface area contributed by atoms with Crippen LogP contribution in [0.15, 0.2) is 83.0 Å². The molecule has 146 valence electrons. The van der Waals surface area contributed by atoms with E-state index in [0.29, 0.717) is 10.0 Å². The van der Waals surface area contributed by atoms with E-state index in [1.54, 1.807) is 17.8 Å². The molecule has 2 heterocycles. The zero-order valence-corrected chi connectivity index (χ0v) is 18.7. The van der Waals surface area contributed by atoms with Crippen molar-refractivity contribution in [2.45, 2.75) is 23.4 Å². The maximum Gasteiger partial charge on any atom is 0.0881 e. The molecule has 0 unspecified atom stereocenters. The van der Waals surface area contributed by atoms with E-state index in [1.165, 1.54) is 11.3 Å². The lowest BCUT2D eigenvalue weighted by molar-refractivity contribution is 0.710. The molecule has 2 aromatic carbocycles. The van der Waals surface area contributed by atoms with Gasteiger partial charge in [0.2, 0.25) is 0 Å². The summed E-state index contributed by atoms with van der Waals surface area (Å²) < 4.78 is 2.30. The molecule has 0 aliphatic heterocycles. The Bertz CT molecular complexity index is 1120. The third-order valence-electron chi connectivity index (χ3n) is 4.55. The van der Waals surface area contributed by atoms with E-state index >= 15 is 0 Å². The largest absolute Gasteiger partial charge is 0.335 e. The van der Waals surface area contributed by atoms with Crippen molar-refractivity contribution in [3.63, 3.8) is 0 Å². The Balaban J connectivity index is 1.82. The molecule has 4 aromatic rings. The number of hydrogen-bond acceptors (Lipinski definition) is 2. The second-order valence-corrected chi connectivity index (χ2v) is 9.03. The van der Waals surface area contributed by atoms with Crippen LogP contribution in [-0.4, -0.2) is 9.55 Å². The van der Waals surface area contributed by atoms with Crippen molar-refractivity contribution in [3.8, 4) is 11.1 Å². The smallest absolute Gasteiger partial charge is 0.0881 e. The summed E-state index contributed by atoms with van der Waals surface area (Å²) in [7, 11) is 0. The van der Waals surface area contributed by atoms with E-state index in [0.717, 1.165) is 32.6 Å². The van der Waals surface area contributed by atoms with Crippen LogP contribution in [0.25, 0.3) is 11.1 Å². The average molecular weight is 460 g/mol. The minimum absolute atomic E-state index is 0.622. The fraction of sp³-hybridized carbons (Fsp3) is 0.0870. The summed E-state index contributed by atoms with van der Waals surface area (Å²) in [5.74, 6) is 0. The zero-order valence-electron chi connectivity index (χ0n) is 15.6. The Morgan fingerprint density at radius 2 is 1.48 bits per heavy atom. The molecule has 0 spiro atoms. The lowest BCUT2D eigenvalue weighted by atomic mass is 10.1.